The molecule has 12 heavy (non-hydrogen) atoms. The second-order valence-electron chi connectivity index (χ2n) is 4.20. The van der Waals surface area contributed by atoms with Gasteiger partial charge in [0.15, 0.2) is 0 Å². The Morgan fingerprint density at radius 3 is 2.08 bits per heavy atom. The molecule has 1 rings (SSSR count). The molecule has 0 unspecified atom stereocenters. The molecule has 1 nitrogen and oxygen atoms in total. The lowest BCUT2D eigenvalue weighted by Crippen LogP contribution is -2.15. The van der Waals surface area contributed by atoms with Crippen LogP contribution in [0.25, 0.3) is 0 Å². The van der Waals surface area contributed by atoms with Crippen molar-refractivity contribution in [3.63, 3.8) is 0 Å². The lowest BCUT2D eigenvalue weighted by Gasteiger charge is -2.26. The Morgan fingerprint density at radius 1 is 1.17 bits per heavy atom. The summed E-state index contributed by atoms with van der Waals surface area (Å²) in [5.41, 5.74) is 0. The van der Waals surface area contributed by atoms with E-state index >= 15 is 0 Å². The molecule has 0 heterocycles. The fourth-order valence-corrected chi connectivity index (χ4v) is 2.25. The molecule has 0 radical (unpaired) electrons. The summed E-state index contributed by atoms with van der Waals surface area (Å²) in [5, 5.41) is 0. The molecule has 70 valence electrons. The van der Waals surface area contributed by atoms with Crippen molar-refractivity contribution >= 4 is 5.78 Å². The molecule has 0 bridgehead atoms. The molecule has 0 aromatic heterocycles. The van der Waals surface area contributed by atoms with Crippen LogP contribution < -0.4 is 0 Å². The van der Waals surface area contributed by atoms with Crippen LogP contribution >= 0.6 is 0 Å². The quantitative estimate of drug-likeness (QED) is 0.632. The van der Waals surface area contributed by atoms with Crippen LogP contribution in [0.5, 0.6) is 0 Å². The maximum Gasteiger partial charge on any atom is 0.130 e. The van der Waals surface area contributed by atoms with Gasteiger partial charge in [-0.3, -0.25) is 0 Å². The fraction of sp³-hybridized carbons (Fsp3) is 0.909. The second-order valence-corrected chi connectivity index (χ2v) is 4.20. The van der Waals surface area contributed by atoms with E-state index in [4.69, 9.17) is 0 Å². The molecule has 0 amide bonds. The highest BCUT2D eigenvalue weighted by Crippen LogP contribution is 2.32. The normalized spacial score (nSPS) is 30.2. The van der Waals surface area contributed by atoms with Crippen LogP contribution in [0.4, 0.5) is 0 Å². The Hall–Kier alpha value is -0.330. The van der Waals surface area contributed by atoms with Crippen LogP contribution in [0.2, 0.25) is 0 Å². The van der Waals surface area contributed by atoms with Crippen molar-refractivity contribution < 1.29 is 4.79 Å². The van der Waals surface area contributed by atoms with Gasteiger partial charge in [0.25, 0.3) is 0 Å². The van der Waals surface area contributed by atoms with Gasteiger partial charge in [-0.15, -0.1) is 0 Å². The van der Waals surface area contributed by atoms with E-state index in [9.17, 15) is 4.79 Å². The van der Waals surface area contributed by atoms with Gasteiger partial charge in [-0.05, 0) is 31.6 Å². The van der Waals surface area contributed by atoms with Crippen molar-refractivity contribution in [2.24, 2.45) is 11.8 Å². The Balaban J connectivity index is 2.21. The minimum absolute atomic E-state index is 0.370. The van der Waals surface area contributed by atoms with Crippen LogP contribution in [0.1, 0.15) is 52.4 Å². The molecule has 0 aliphatic heterocycles. The monoisotopic (exact) mass is 168 g/mol. The van der Waals surface area contributed by atoms with Gasteiger partial charge >= 0.3 is 0 Å². The number of ketones is 1. The zero-order chi connectivity index (χ0) is 8.97. The van der Waals surface area contributed by atoms with E-state index in [0.29, 0.717) is 11.7 Å². The standard InChI is InChI=1S/C11H20O/c1-3-10-4-6-11(7-5-10)8-9(2)12/h10-11H,3-8H2,1-2H3. The molecule has 1 heteroatoms. The molecule has 0 atom stereocenters. The third kappa shape index (κ3) is 2.96. The Bertz CT molecular complexity index is 143. The highest BCUT2D eigenvalue weighted by Gasteiger charge is 2.20. The number of hydrogen-bond donors (Lipinski definition) is 0. The van der Waals surface area contributed by atoms with Crippen LogP contribution in [0.15, 0.2) is 0 Å². The van der Waals surface area contributed by atoms with Crippen LogP contribution in [0, 0.1) is 11.8 Å². The van der Waals surface area contributed by atoms with Gasteiger partial charge in [0.05, 0.1) is 0 Å². The SMILES string of the molecule is CCC1CCC(CC(C)=O)CC1. The number of hydrogen-bond acceptors (Lipinski definition) is 1. The predicted octanol–water partition coefficient (Wildman–Crippen LogP) is 3.18. The highest BCUT2D eigenvalue weighted by molar-refractivity contribution is 5.75. The molecule has 1 fully saturated rings. The van der Waals surface area contributed by atoms with Gasteiger partial charge in [-0.1, -0.05) is 26.2 Å². The molecule has 1 aliphatic carbocycles. The molecule has 0 aromatic rings. The van der Waals surface area contributed by atoms with Crippen molar-refractivity contribution in [1.82, 2.24) is 0 Å². The Morgan fingerprint density at radius 2 is 1.67 bits per heavy atom. The third-order valence-electron chi connectivity index (χ3n) is 3.12. The molecule has 0 N–H and O–H groups in total. The maximum absolute atomic E-state index is 10.9. The molecular weight excluding hydrogens is 148 g/mol. The summed E-state index contributed by atoms with van der Waals surface area (Å²) in [6, 6.07) is 0. The molecule has 1 aliphatic rings. The zero-order valence-electron chi connectivity index (χ0n) is 8.31. The second kappa shape index (κ2) is 4.64. The lowest BCUT2D eigenvalue weighted by atomic mass is 9.79. The summed E-state index contributed by atoms with van der Waals surface area (Å²) in [6.45, 7) is 3.99. The fourth-order valence-electron chi connectivity index (χ4n) is 2.25. The summed E-state index contributed by atoms with van der Waals surface area (Å²) >= 11 is 0. The Labute approximate surface area is 75.5 Å². The molecular formula is C11H20O. The van der Waals surface area contributed by atoms with Crippen molar-refractivity contribution in [3.05, 3.63) is 0 Å². The van der Waals surface area contributed by atoms with E-state index in [1.54, 1.807) is 6.92 Å². The van der Waals surface area contributed by atoms with Gasteiger partial charge in [0.1, 0.15) is 5.78 Å². The first-order valence-corrected chi connectivity index (χ1v) is 5.21. The summed E-state index contributed by atoms with van der Waals surface area (Å²) in [5.74, 6) is 2.04. The van der Waals surface area contributed by atoms with Crippen molar-refractivity contribution in [3.8, 4) is 0 Å². The highest BCUT2D eigenvalue weighted by atomic mass is 16.1. The third-order valence-corrected chi connectivity index (χ3v) is 3.12. The summed E-state index contributed by atoms with van der Waals surface area (Å²) in [4.78, 5) is 10.9. The summed E-state index contributed by atoms with van der Waals surface area (Å²) in [7, 11) is 0. The predicted molar refractivity (Wildman–Crippen MR) is 51.0 cm³/mol. The first-order valence-electron chi connectivity index (χ1n) is 5.21. The van der Waals surface area contributed by atoms with Gasteiger partial charge in [0.2, 0.25) is 0 Å². The van der Waals surface area contributed by atoms with Gasteiger partial charge in [0, 0.05) is 6.42 Å². The summed E-state index contributed by atoms with van der Waals surface area (Å²) in [6.07, 6.45) is 7.45. The average molecular weight is 168 g/mol. The van der Waals surface area contributed by atoms with Crippen LogP contribution in [0.3, 0.4) is 0 Å². The molecule has 1 saturated carbocycles. The zero-order valence-corrected chi connectivity index (χ0v) is 8.31. The number of Topliss-reactive ketones (excluding diaryl/α,β-unsaturated/α-hetero) is 1. The number of rotatable bonds is 3. The van der Waals surface area contributed by atoms with Crippen LogP contribution in [-0.2, 0) is 4.79 Å². The maximum atomic E-state index is 10.9. The topological polar surface area (TPSA) is 17.1 Å². The van der Waals surface area contributed by atoms with E-state index in [1.165, 1.54) is 32.1 Å². The smallest absolute Gasteiger partial charge is 0.130 e. The Kier molecular flexibility index (Phi) is 3.77. The van der Waals surface area contributed by atoms with E-state index in [-0.39, 0.29) is 0 Å². The minimum Gasteiger partial charge on any atom is -0.300 e. The van der Waals surface area contributed by atoms with E-state index in [2.05, 4.69) is 6.92 Å². The molecule has 0 aromatic carbocycles. The van der Waals surface area contributed by atoms with E-state index in [0.717, 1.165) is 12.3 Å². The van der Waals surface area contributed by atoms with E-state index in [1.807, 2.05) is 0 Å². The largest absolute Gasteiger partial charge is 0.300 e. The minimum atomic E-state index is 0.370. The van der Waals surface area contributed by atoms with Gasteiger partial charge < -0.3 is 4.79 Å². The number of carbonyl (C=O) groups excluding carboxylic acids is 1. The van der Waals surface area contributed by atoms with Gasteiger partial charge in [-0.25, -0.2) is 0 Å². The van der Waals surface area contributed by atoms with E-state index < -0.39 is 0 Å². The van der Waals surface area contributed by atoms with Crippen molar-refractivity contribution in [1.29, 1.82) is 0 Å². The first-order chi connectivity index (χ1) is 5.72. The molecule has 0 spiro atoms. The van der Waals surface area contributed by atoms with Crippen LogP contribution in [-0.4, -0.2) is 5.78 Å². The molecule has 0 saturated heterocycles. The summed E-state index contributed by atoms with van der Waals surface area (Å²) < 4.78 is 0. The van der Waals surface area contributed by atoms with Gasteiger partial charge in [-0.2, -0.15) is 0 Å². The lowest BCUT2D eigenvalue weighted by molar-refractivity contribution is -0.118. The average Bonchev–Trinajstić information content (AvgIpc) is 2.05. The van der Waals surface area contributed by atoms with Crippen molar-refractivity contribution in [2.75, 3.05) is 0 Å². The van der Waals surface area contributed by atoms with Crippen molar-refractivity contribution in [2.45, 2.75) is 52.4 Å². The number of carbonyl (C=O) groups is 1. The first kappa shape index (κ1) is 9.76.